The van der Waals surface area contributed by atoms with E-state index in [-0.39, 0.29) is 11.6 Å². The van der Waals surface area contributed by atoms with E-state index in [0.717, 1.165) is 23.1 Å². The van der Waals surface area contributed by atoms with E-state index < -0.39 is 41.6 Å². The lowest BCUT2D eigenvalue weighted by molar-refractivity contribution is -0.134. The van der Waals surface area contributed by atoms with Crippen LogP contribution < -0.4 is 10.2 Å². The summed E-state index contributed by atoms with van der Waals surface area (Å²) in [5.74, 6) is -2.87. The Kier molecular flexibility index (Phi) is 5.37. The van der Waals surface area contributed by atoms with E-state index in [0.29, 0.717) is 5.69 Å². The molecule has 1 atom stereocenters. The predicted octanol–water partition coefficient (Wildman–Crippen LogP) is 3.17. The summed E-state index contributed by atoms with van der Waals surface area (Å²) in [5.41, 5.74) is -1.48. The van der Waals surface area contributed by atoms with Gasteiger partial charge in [0.25, 0.3) is 5.91 Å². The number of carbonyl (C=O) groups is 3. The average molecular weight is 401 g/mol. The third kappa shape index (κ3) is 3.70. The molecule has 0 aromatic heterocycles. The smallest absolute Gasteiger partial charge is 0.319 e. The Balaban J connectivity index is 1.88. The summed E-state index contributed by atoms with van der Waals surface area (Å²) >= 11 is 0. The maximum absolute atomic E-state index is 14.2. The van der Waals surface area contributed by atoms with Gasteiger partial charge in [-0.1, -0.05) is 18.2 Å². The van der Waals surface area contributed by atoms with Gasteiger partial charge >= 0.3 is 6.03 Å². The van der Waals surface area contributed by atoms with Crippen LogP contribution in [-0.4, -0.2) is 35.3 Å². The van der Waals surface area contributed by atoms with Crippen LogP contribution in [0.25, 0.3) is 0 Å². The van der Waals surface area contributed by atoms with Gasteiger partial charge in [-0.05, 0) is 51.1 Å². The first-order chi connectivity index (χ1) is 13.6. The summed E-state index contributed by atoms with van der Waals surface area (Å²) in [7, 11) is 0. The van der Waals surface area contributed by atoms with Crippen LogP contribution in [-0.2, 0) is 15.1 Å². The number of nitrogens with one attached hydrogen (secondary N) is 1. The number of hydrogen-bond donors (Lipinski definition) is 1. The van der Waals surface area contributed by atoms with Crippen molar-refractivity contribution in [2.24, 2.45) is 0 Å². The standard InChI is InChI=1S/C21H21F2N3O3/c1-13(2)26(15-7-5-4-6-8-15)18(27)12-25-19(28)21(3,24-20(25)29)16-11-14(22)9-10-17(16)23/h4-11,13H,12H2,1-3H3,(H,24,29)/t21-/m1/s1. The first-order valence-corrected chi connectivity index (χ1v) is 9.12. The highest BCUT2D eigenvalue weighted by Gasteiger charge is 2.51. The number of carbonyl (C=O) groups excluding carboxylic acids is 3. The molecule has 1 fully saturated rings. The van der Waals surface area contributed by atoms with Crippen LogP contribution in [0.3, 0.4) is 0 Å². The number of para-hydroxylation sites is 1. The van der Waals surface area contributed by atoms with Gasteiger partial charge in [0.1, 0.15) is 23.7 Å². The van der Waals surface area contributed by atoms with Crippen molar-refractivity contribution >= 4 is 23.5 Å². The van der Waals surface area contributed by atoms with Crippen molar-refractivity contribution in [1.29, 1.82) is 0 Å². The molecule has 1 heterocycles. The molecule has 1 saturated heterocycles. The van der Waals surface area contributed by atoms with E-state index in [9.17, 15) is 23.2 Å². The molecule has 0 saturated carbocycles. The van der Waals surface area contributed by atoms with Crippen LogP contribution in [0.2, 0.25) is 0 Å². The third-order valence-corrected chi connectivity index (χ3v) is 4.85. The maximum Gasteiger partial charge on any atom is 0.325 e. The molecule has 29 heavy (non-hydrogen) atoms. The quantitative estimate of drug-likeness (QED) is 0.783. The SMILES string of the molecule is CC(C)N(C(=O)CN1C(=O)N[C@](C)(c2cc(F)ccc2F)C1=O)c1ccccc1. The third-order valence-electron chi connectivity index (χ3n) is 4.85. The van der Waals surface area contributed by atoms with Crippen LogP contribution in [0.5, 0.6) is 0 Å². The summed E-state index contributed by atoms with van der Waals surface area (Å²) in [6, 6.07) is 10.5. The lowest BCUT2D eigenvalue weighted by atomic mass is 9.91. The van der Waals surface area contributed by atoms with Crippen LogP contribution >= 0.6 is 0 Å². The van der Waals surface area contributed by atoms with Crippen LogP contribution in [0.1, 0.15) is 26.3 Å². The van der Waals surface area contributed by atoms with Crippen molar-refractivity contribution in [3.05, 3.63) is 65.7 Å². The van der Waals surface area contributed by atoms with Gasteiger partial charge < -0.3 is 10.2 Å². The molecule has 4 amide bonds. The second-order valence-corrected chi connectivity index (χ2v) is 7.26. The van der Waals surface area contributed by atoms with E-state index in [2.05, 4.69) is 5.32 Å². The fraction of sp³-hybridized carbons (Fsp3) is 0.286. The molecule has 0 radical (unpaired) electrons. The summed E-state index contributed by atoms with van der Waals surface area (Å²) < 4.78 is 27.9. The molecule has 2 aromatic rings. The zero-order valence-corrected chi connectivity index (χ0v) is 16.3. The molecular formula is C21H21F2N3O3. The second-order valence-electron chi connectivity index (χ2n) is 7.26. The number of anilines is 1. The molecule has 0 spiro atoms. The monoisotopic (exact) mass is 401 g/mol. The Morgan fingerprint density at radius 1 is 1.14 bits per heavy atom. The molecule has 0 bridgehead atoms. The van der Waals surface area contributed by atoms with E-state index in [4.69, 9.17) is 0 Å². The van der Waals surface area contributed by atoms with Crippen LogP contribution in [0.15, 0.2) is 48.5 Å². The number of halogens is 2. The zero-order chi connectivity index (χ0) is 21.3. The number of hydrogen-bond acceptors (Lipinski definition) is 3. The molecule has 1 aliphatic heterocycles. The Hall–Kier alpha value is -3.29. The number of benzene rings is 2. The lowest BCUT2D eigenvalue weighted by Crippen LogP contribution is -2.47. The van der Waals surface area contributed by atoms with Gasteiger partial charge in [-0.25, -0.2) is 13.6 Å². The van der Waals surface area contributed by atoms with Crippen molar-refractivity contribution < 1.29 is 23.2 Å². The second kappa shape index (κ2) is 7.62. The van der Waals surface area contributed by atoms with E-state index in [1.165, 1.54) is 11.8 Å². The molecular weight excluding hydrogens is 380 g/mol. The maximum atomic E-state index is 14.2. The average Bonchev–Trinajstić information content (AvgIpc) is 2.88. The molecule has 2 aromatic carbocycles. The van der Waals surface area contributed by atoms with Gasteiger partial charge in [-0.3, -0.25) is 14.5 Å². The summed E-state index contributed by atoms with van der Waals surface area (Å²) in [6.45, 7) is 4.38. The number of nitrogens with zero attached hydrogens (tertiary/aromatic N) is 2. The Bertz CT molecular complexity index is 965. The van der Waals surface area contributed by atoms with Gasteiger partial charge in [0.2, 0.25) is 5.91 Å². The predicted molar refractivity (Wildman–Crippen MR) is 103 cm³/mol. The van der Waals surface area contributed by atoms with Crippen molar-refractivity contribution in [2.45, 2.75) is 32.4 Å². The minimum atomic E-state index is -1.81. The highest BCUT2D eigenvalue weighted by Crippen LogP contribution is 2.31. The molecule has 3 rings (SSSR count). The zero-order valence-electron chi connectivity index (χ0n) is 16.3. The fourth-order valence-corrected chi connectivity index (χ4v) is 3.43. The highest BCUT2D eigenvalue weighted by atomic mass is 19.1. The Morgan fingerprint density at radius 3 is 2.41 bits per heavy atom. The minimum absolute atomic E-state index is 0.224. The van der Waals surface area contributed by atoms with Gasteiger partial charge in [0.05, 0.1) is 0 Å². The topological polar surface area (TPSA) is 69.7 Å². The molecule has 1 aliphatic rings. The van der Waals surface area contributed by atoms with Crippen molar-refractivity contribution in [2.75, 3.05) is 11.4 Å². The van der Waals surface area contributed by atoms with E-state index >= 15 is 0 Å². The van der Waals surface area contributed by atoms with E-state index in [1.54, 1.807) is 24.3 Å². The molecule has 1 N–H and O–H groups in total. The molecule has 8 heteroatoms. The van der Waals surface area contributed by atoms with Crippen molar-refractivity contribution in [3.63, 3.8) is 0 Å². The van der Waals surface area contributed by atoms with Crippen molar-refractivity contribution in [1.82, 2.24) is 10.2 Å². The van der Waals surface area contributed by atoms with Crippen LogP contribution in [0, 0.1) is 11.6 Å². The summed E-state index contributed by atoms with van der Waals surface area (Å²) in [4.78, 5) is 40.5. The number of amides is 4. The Labute approximate surface area is 167 Å². The molecule has 6 nitrogen and oxygen atoms in total. The first-order valence-electron chi connectivity index (χ1n) is 9.12. The summed E-state index contributed by atoms with van der Waals surface area (Å²) in [5, 5.41) is 2.39. The molecule has 0 unspecified atom stereocenters. The number of rotatable bonds is 5. The van der Waals surface area contributed by atoms with E-state index in [1.807, 2.05) is 19.9 Å². The minimum Gasteiger partial charge on any atom is -0.319 e. The normalized spacial score (nSPS) is 18.9. The molecule has 152 valence electrons. The van der Waals surface area contributed by atoms with Gasteiger partial charge in [0, 0.05) is 17.3 Å². The number of urea groups is 1. The van der Waals surface area contributed by atoms with Gasteiger partial charge in [-0.2, -0.15) is 0 Å². The first kappa shape index (κ1) is 20.4. The van der Waals surface area contributed by atoms with Gasteiger partial charge in [0.15, 0.2) is 0 Å². The highest BCUT2D eigenvalue weighted by molar-refractivity contribution is 6.10. The fourth-order valence-electron chi connectivity index (χ4n) is 3.43. The largest absolute Gasteiger partial charge is 0.325 e. The lowest BCUT2D eigenvalue weighted by Gasteiger charge is -2.28. The number of imide groups is 1. The van der Waals surface area contributed by atoms with Gasteiger partial charge in [-0.15, -0.1) is 0 Å². The summed E-state index contributed by atoms with van der Waals surface area (Å²) in [6.07, 6.45) is 0. The van der Waals surface area contributed by atoms with Crippen molar-refractivity contribution in [3.8, 4) is 0 Å². The molecule has 0 aliphatic carbocycles. The van der Waals surface area contributed by atoms with Crippen LogP contribution in [0.4, 0.5) is 19.3 Å². The Morgan fingerprint density at radius 2 is 1.79 bits per heavy atom.